The number of rotatable bonds is 10. The quantitative estimate of drug-likeness (QED) is 0.433. The van der Waals surface area contributed by atoms with E-state index in [-0.39, 0.29) is 0 Å². The van der Waals surface area contributed by atoms with Gasteiger partial charge in [0.2, 0.25) is 11.5 Å². The van der Waals surface area contributed by atoms with Crippen LogP contribution in [-0.4, -0.2) is 26.4 Å². The average molecular weight is 370 g/mol. The lowest BCUT2D eigenvalue weighted by molar-refractivity contribution is 0.238. The number of benzene rings is 2. The number of unbranched alkanes of at least 4 members (excludes halogenated alkanes) is 1. The Kier molecular flexibility index (Phi) is 6.49. The number of fused-ring (bicyclic) bond motifs is 3. The summed E-state index contributed by atoms with van der Waals surface area (Å²) in [6.07, 6.45) is 2.91. The zero-order valence-corrected chi connectivity index (χ0v) is 16.9. The van der Waals surface area contributed by atoms with Crippen LogP contribution < -0.4 is 18.9 Å². The predicted octanol–water partition coefficient (Wildman–Crippen LogP) is 5.63. The molecule has 0 aromatic heterocycles. The first kappa shape index (κ1) is 19.4. The fraction of sp³-hybridized carbons (Fsp3) is 0.478. The van der Waals surface area contributed by atoms with Crippen molar-refractivity contribution in [3.8, 4) is 34.1 Å². The highest BCUT2D eigenvalue weighted by Crippen LogP contribution is 2.57. The van der Waals surface area contributed by atoms with Crippen LogP contribution in [0.2, 0.25) is 0 Å². The summed E-state index contributed by atoms with van der Waals surface area (Å²) in [5, 5.41) is 0. The maximum atomic E-state index is 6.26. The summed E-state index contributed by atoms with van der Waals surface area (Å²) in [6.45, 7) is 10.4. The molecule has 1 aliphatic rings. The van der Waals surface area contributed by atoms with Crippen molar-refractivity contribution in [2.75, 3.05) is 26.4 Å². The number of hydrogen-bond donors (Lipinski definition) is 0. The van der Waals surface area contributed by atoms with Gasteiger partial charge in [-0.1, -0.05) is 37.6 Å². The highest BCUT2D eigenvalue weighted by Gasteiger charge is 2.33. The van der Waals surface area contributed by atoms with Gasteiger partial charge in [0, 0.05) is 17.5 Å². The Morgan fingerprint density at radius 2 is 1.37 bits per heavy atom. The van der Waals surface area contributed by atoms with E-state index in [1.54, 1.807) is 0 Å². The molecule has 0 bridgehead atoms. The number of ether oxygens (including phenoxy) is 4. The summed E-state index contributed by atoms with van der Waals surface area (Å²) in [5.74, 6) is 2.91. The van der Waals surface area contributed by atoms with Crippen molar-refractivity contribution in [3.63, 3.8) is 0 Å². The van der Waals surface area contributed by atoms with Gasteiger partial charge in [0.15, 0.2) is 11.5 Å². The second kappa shape index (κ2) is 9.03. The maximum Gasteiger partial charge on any atom is 0.208 e. The van der Waals surface area contributed by atoms with E-state index in [1.807, 2.05) is 20.8 Å². The van der Waals surface area contributed by atoms with Crippen LogP contribution in [0, 0.1) is 0 Å². The van der Waals surface area contributed by atoms with Crippen LogP contribution in [0.25, 0.3) is 11.1 Å². The first-order valence-corrected chi connectivity index (χ1v) is 10.1. The molecular formula is C23H30O4. The van der Waals surface area contributed by atoms with E-state index in [2.05, 4.69) is 31.2 Å². The van der Waals surface area contributed by atoms with Crippen molar-refractivity contribution in [1.29, 1.82) is 0 Å². The fourth-order valence-corrected chi connectivity index (χ4v) is 3.57. The van der Waals surface area contributed by atoms with E-state index >= 15 is 0 Å². The van der Waals surface area contributed by atoms with Gasteiger partial charge < -0.3 is 18.9 Å². The molecule has 0 aliphatic heterocycles. The molecule has 0 N–H and O–H groups in total. The zero-order valence-electron chi connectivity index (χ0n) is 16.9. The Labute approximate surface area is 162 Å². The Balaban J connectivity index is 2.25. The monoisotopic (exact) mass is 370 g/mol. The largest absolute Gasteiger partial charge is 0.489 e. The molecule has 146 valence electrons. The van der Waals surface area contributed by atoms with E-state index in [4.69, 9.17) is 18.9 Å². The minimum absolute atomic E-state index is 0.537. The highest BCUT2D eigenvalue weighted by molar-refractivity contribution is 5.89. The number of hydrogen-bond acceptors (Lipinski definition) is 4. The Morgan fingerprint density at radius 1 is 0.741 bits per heavy atom. The third-order valence-corrected chi connectivity index (χ3v) is 4.69. The van der Waals surface area contributed by atoms with Gasteiger partial charge in [0.25, 0.3) is 0 Å². The molecule has 27 heavy (non-hydrogen) atoms. The molecule has 1 aliphatic carbocycles. The van der Waals surface area contributed by atoms with Crippen LogP contribution in [0.15, 0.2) is 24.3 Å². The van der Waals surface area contributed by atoms with Gasteiger partial charge >= 0.3 is 0 Å². The molecular weight excluding hydrogens is 340 g/mol. The summed E-state index contributed by atoms with van der Waals surface area (Å²) in [6, 6.07) is 8.46. The van der Waals surface area contributed by atoms with Crippen LogP contribution in [0.3, 0.4) is 0 Å². The zero-order chi connectivity index (χ0) is 19.2. The van der Waals surface area contributed by atoms with Crippen LogP contribution in [0.1, 0.15) is 51.7 Å². The molecule has 0 amide bonds. The Bertz CT molecular complexity index is 782. The van der Waals surface area contributed by atoms with E-state index in [0.717, 1.165) is 41.9 Å². The first-order chi connectivity index (χ1) is 13.3. The van der Waals surface area contributed by atoms with Gasteiger partial charge in [-0.2, -0.15) is 0 Å². The summed E-state index contributed by atoms with van der Waals surface area (Å²) in [4.78, 5) is 0. The summed E-state index contributed by atoms with van der Waals surface area (Å²) in [5.41, 5.74) is 4.71. The van der Waals surface area contributed by atoms with Gasteiger partial charge in [-0.3, -0.25) is 0 Å². The lowest BCUT2D eigenvalue weighted by atomic mass is 10.0. The minimum Gasteiger partial charge on any atom is -0.489 e. The lowest BCUT2D eigenvalue weighted by Gasteiger charge is -2.23. The molecule has 2 aromatic rings. The molecule has 0 radical (unpaired) electrons. The second-order valence-electron chi connectivity index (χ2n) is 6.51. The molecule has 0 spiro atoms. The van der Waals surface area contributed by atoms with Crippen molar-refractivity contribution in [2.45, 2.75) is 47.0 Å². The Morgan fingerprint density at radius 3 is 2.04 bits per heavy atom. The molecule has 4 heteroatoms. The van der Waals surface area contributed by atoms with E-state index in [9.17, 15) is 0 Å². The third kappa shape index (κ3) is 3.71. The topological polar surface area (TPSA) is 36.9 Å². The molecule has 0 saturated carbocycles. The van der Waals surface area contributed by atoms with Crippen LogP contribution in [0.5, 0.6) is 23.0 Å². The SMILES string of the molecule is CCCCOc1c2c(c(OCC)c(OCC)c1OCC)-c1ccccc1C2. The van der Waals surface area contributed by atoms with Crippen molar-refractivity contribution >= 4 is 0 Å². The van der Waals surface area contributed by atoms with Crippen molar-refractivity contribution in [3.05, 3.63) is 35.4 Å². The van der Waals surface area contributed by atoms with Crippen molar-refractivity contribution in [2.24, 2.45) is 0 Å². The van der Waals surface area contributed by atoms with Crippen molar-refractivity contribution < 1.29 is 18.9 Å². The molecule has 0 unspecified atom stereocenters. The van der Waals surface area contributed by atoms with Crippen LogP contribution in [0.4, 0.5) is 0 Å². The van der Waals surface area contributed by atoms with Crippen molar-refractivity contribution in [1.82, 2.24) is 0 Å². The minimum atomic E-state index is 0.537. The highest BCUT2D eigenvalue weighted by atomic mass is 16.6. The van der Waals surface area contributed by atoms with Gasteiger partial charge in [0.1, 0.15) is 0 Å². The maximum absolute atomic E-state index is 6.26. The molecule has 3 rings (SSSR count). The summed E-state index contributed by atoms with van der Waals surface area (Å²) >= 11 is 0. The van der Waals surface area contributed by atoms with E-state index < -0.39 is 0 Å². The third-order valence-electron chi connectivity index (χ3n) is 4.69. The van der Waals surface area contributed by atoms with E-state index in [0.29, 0.717) is 37.9 Å². The molecule has 0 atom stereocenters. The standard InChI is InChI=1S/C23H30O4/c1-5-9-14-27-20-18-15-16-12-10-11-13-17(16)19(18)21(24-6-2)23(26-8-4)22(20)25-7-3/h10-13H,5-9,14-15H2,1-4H3. The Hall–Kier alpha value is -2.36. The van der Waals surface area contributed by atoms with Gasteiger partial charge in [-0.25, -0.2) is 0 Å². The molecule has 2 aromatic carbocycles. The van der Waals surface area contributed by atoms with Gasteiger partial charge in [-0.05, 0) is 38.3 Å². The average Bonchev–Trinajstić information content (AvgIpc) is 3.06. The van der Waals surface area contributed by atoms with Crippen LogP contribution in [-0.2, 0) is 6.42 Å². The smallest absolute Gasteiger partial charge is 0.208 e. The summed E-state index contributed by atoms with van der Waals surface area (Å²) < 4.78 is 24.4. The fourth-order valence-electron chi connectivity index (χ4n) is 3.57. The lowest BCUT2D eigenvalue weighted by Crippen LogP contribution is -2.08. The van der Waals surface area contributed by atoms with E-state index in [1.165, 1.54) is 11.1 Å². The molecule has 0 saturated heterocycles. The second-order valence-corrected chi connectivity index (χ2v) is 6.51. The first-order valence-electron chi connectivity index (χ1n) is 10.1. The predicted molar refractivity (Wildman–Crippen MR) is 109 cm³/mol. The molecule has 4 nitrogen and oxygen atoms in total. The van der Waals surface area contributed by atoms with Gasteiger partial charge in [-0.15, -0.1) is 0 Å². The van der Waals surface area contributed by atoms with Crippen LogP contribution >= 0.6 is 0 Å². The van der Waals surface area contributed by atoms with Gasteiger partial charge in [0.05, 0.1) is 26.4 Å². The summed E-state index contributed by atoms with van der Waals surface area (Å²) in [7, 11) is 0. The normalized spacial score (nSPS) is 11.7. The molecule has 0 fully saturated rings. The molecule has 0 heterocycles.